The van der Waals surface area contributed by atoms with Crippen molar-refractivity contribution in [2.24, 2.45) is 0 Å². The number of ketones is 1. The van der Waals surface area contributed by atoms with Crippen LogP contribution in [-0.4, -0.2) is 55.5 Å². The van der Waals surface area contributed by atoms with Gasteiger partial charge in [-0.15, -0.1) is 0 Å². The molecule has 0 radical (unpaired) electrons. The van der Waals surface area contributed by atoms with Crippen molar-refractivity contribution in [3.05, 3.63) is 65.9 Å². The number of piperazine rings is 1. The normalized spacial score (nSPS) is 15.0. The number of aromatic nitrogens is 1. The predicted molar refractivity (Wildman–Crippen MR) is 112 cm³/mol. The second-order valence-electron chi connectivity index (χ2n) is 7.00. The maximum atomic E-state index is 13.2. The third kappa shape index (κ3) is 3.45. The molecule has 5 nitrogen and oxygen atoms in total. The van der Waals surface area contributed by atoms with Gasteiger partial charge >= 0.3 is 0 Å². The topological polar surface area (TPSA) is 45.7 Å². The largest absolute Gasteiger partial charge is 0.496 e. The lowest BCUT2D eigenvalue weighted by Crippen LogP contribution is -2.46. The zero-order chi connectivity index (χ0) is 19.5. The maximum Gasteiger partial charge on any atom is 0.215 e. The number of benzene rings is 2. The molecule has 2 heterocycles. The summed E-state index contributed by atoms with van der Waals surface area (Å²) in [7, 11) is 1.58. The van der Waals surface area contributed by atoms with Crippen molar-refractivity contribution >= 4 is 22.4 Å². The number of fused-ring (bicyclic) bond motifs is 1. The van der Waals surface area contributed by atoms with Gasteiger partial charge in [0.25, 0.3) is 0 Å². The Kier molecular flexibility index (Phi) is 5.26. The molecule has 2 aromatic carbocycles. The molecule has 4 rings (SSSR count). The van der Waals surface area contributed by atoms with E-state index in [1.807, 2.05) is 36.4 Å². The summed E-state index contributed by atoms with van der Waals surface area (Å²) in [6.45, 7) is 7.10. The fourth-order valence-corrected chi connectivity index (χ4v) is 3.78. The number of nitrogens with zero attached hydrogens (tertiary/aromatic N) is 3. The van der Waals surface area contributed by atoms with Crippen LogP contribution in [0.2, 0.25) is 0 Å². The third-order valence-electron chi connectivity index (χ3n) is 5.42. The molecule has 0 N–H and O–H groups in total. The molecule has 1 aliphatic heterocycles. The van der Waals surface area contributed by atoms with Gasteiger partial charge in [-0.25, -0.2) is 4.98 Å². The molecule has 1 aliphatic rings. The quantitative estimate of drug-likeness (QED) is 0.638. The maximum absolute atomic E-state index is 13.2. The summed E-state index contributed by atoms with van der Waals surface area (Å²) in [4.78, 5) is 22.8. The average molecular weight is 375 g/mol. The first-order valence-corrected chi connectivity index (χ1v) is 9.76. The lowest BCUT2D eigenvalue weighted by atomic mass is 10.0. The SMILES string of the molecule is CCN1CCN(c2nc(C(=O)c3ccccc3OC)cc3ccccc23)CC1. The van der Waals surface area contributed by atoms with Gasteiger partial charge in [0.15, 0.2) is 0 Å². The van der Waals surface area contributed by atoms with Crippen LogP contribution < -0.4 is 9.64 Å². The van der Waals surface area contributed by atoms with E-state index in [0.717, 1.165) is 49.3 Å². The van der Waals surface area contributed by atoms with Gasteiger partial charge in [0.2, 0.25) is 5.78 Å². The smallest absolute Gasteiger partial charge is 0.215 e. The molecule has 0 unspecified atom stereocenters. The highest BCUT2D eigenvalue weighted by molar-refractivity contribution is 6.11. The lowest BCUT2D eigenvalue weighted by Gasteiger charge is -2.35. The van der Waals surface area contributed by atoms with Crippen molar-refractivity contribution in [3.8, 4) is 5.75 Å². The minimum Gasteiger partial charge on any atom is -0.496 e. The average Bonchev–Trinajstić information content (AvgIpc) is 2.77. The molecule has 0 saturated carbocycles. The number of methoxy groups -OCH3 is 1. The van der Waals surface area contributed by atoms with Crippen molar-refractivity contribution in [1.82, 2.24) is 9.88 Å². The van der Waals surface area contributed by atoms with E-state index in [1.165, 1.54) is 0 Å². The molecule has 5 heteroatoms. The highest BCUT2D eigenvalue weighted by Gasteiger charge is 2.22. The highest BCUT2D eigenvalue weighted by atomic mass is 16.5. The molecule has 28 heavy (non-hydrogen) atoms. The fourth-order valence-electron chi connectivity index (χ4n) is 3.78. The number of ether oxygens (including phenoxy) is 1. The zero-order valence-electron chi connectivity index (χ0n) is 16.4. The summed E-state index contributed by atoms with van der Waals surface area (Å²) < 4.78 is 5.38. The van der Waals surface area contributed by atoms with Crippen molar-refractivity contribution in [2.75, 3.05) is 44.7 Å². The molecule has 0 spiro atoms. The Bertz CT molecular complexity index is 994. The number of anilines is 1. The van der Waals surface area contributed by atoms with Crippen LogP contribution in [0.3, 0.4) is 0 Å². The number of para-hydroxylation sites is 1. The van der Waals surface area contributed by atoms with Gasteiger partial charge in [0, 0.05) is 31.6 Å². The zero-order valence-corrected chi connectivity index (χ0v) is 16.4. The van der Waals surface area contributed by atoms with Crippen LogP contribution >= 0.6 is 0 Å². The number of rotatable bonds is 5. The number of hydrogen-bond donors (Lipinski definition) is 0. The van der Waals surface area contributed by atoms with E-state index < -0.39 is 0 Å². The minimum atomic E-state index is -0.114. The molecule has 3 aromatic rings. The molecule has 0 aliphatic carbocycles. The Morgan fingerprint density at radius 1 is 1.04 bits per heavy atom. The third-order valence-corrected chi connectivity index (χ3v) is 5.42. The number of likely N-dealkylation sites (N-methyl/N-ethyl adjacent to an activating group) is 1. The molecule has 0 bridgehead atoms. The Hall–Kier alpha value is -2.92. The van der Waals surface area contributed by atoms with Crippen LogP contribution in [-0.2, 0) is 0 Å². The number of carbonyl (C=O) groups excluding carboxylic acids is 1. The summed E-state index contributed by atoms with van der Waals surface area (Å²) in [6.07, 6.45) is 0. The second kappa shape index (κ2) is 7.98. The Morgan fingerprint density at radius 2 is 1.75 bits per heavy atom. The Morgan fingerprint density at radius 3 is 2.50 bits per heavy atom. The lowest BCUT2D eigenvalue weighted by molar-refractivity contribution is 0.103. The standard InChI is InChI=1S/C23H25N3O2/c1-3-25-12-14-26(15-13-25)23-18-9-5-4-8-17(18)16-20(24-23)22(27)19-10-6-7-11-21(19)28-2/h4-11,16H,3,12-15H2,1-2H3. The van der Waals surface area contributed by atoms with Crippen molar-refractivity contribution in [1.29, 1.82) is 0 Å². The van der Waals surface area contributed by atoms with Gasteiger partial charge in [-0.1, -0.05) is 43.3 Å². The van der Waals surface area contributed by atoms with Gasteiger partial charge in [0.05, 0.1) is 12.7 Å². The number of pyridine rings is 1. The van der Waals surface area contributed by atoms with Gasteiger partial charge in [0.1, 0.15) is 17.3 Å². The van der Waals surface area contributed by atoms with Gasteiger partial charge in [-0.2, -0.15) is 0 Å². The summed E-state index contributed by atoms with van der Waals surface area (Å²) in [5, 5.41) is 2.12. The molecular formula is C23H25N3O2. The Labute approximate surface area is 165 Å². The number of hydrogen-bond acceptors (Lipinski definition) is 5. The van der Waals surface area contributed by atoms with E-state index >= 15 is 0 Å². The second-order valence-corrected chi connectivity index (χ2v) is 7.00. The Balaban J connectivity index is 1.77. The van der Waals surface area contributed by atoms with Gasteiger partial charge < -0.3 is 14.5 Å². The number of carbonyl (C=O) groups is 1. The van der Waals surface area contributed by atoms with E-state index in [-0.39, 0.29) is 5.78 Å². The van der Waals surface area contributed by atoms with E-state index in [2.05, 4.69) is 22.8 Å². The van der Waals surface area contributed by atoms with Crippen LogP contribution in [0.1, 0.15) is 23.0 Å². The molecule has 0 amide bonds. The van der Waals surface area contributed by atoms with E-state index in [9.17, 15) is 4.79 Å². The van der Waals surface area contributed by atoms with Crippen molar-refractivity contribution < 1.29 is 9.53 Å². The van der Waals surface area contributed by atoms with Crippen molar-refractivity contribution in [3.63, 3.8) is 0 Å². The monoisotopic (exact) mass is 375 g/mol. The van der Waals surface area contributed by atoms with E-state index in [1.54, 1.807) is 19.2 Å². The molecule has 0 atom stereocenters. The van der Waals surface area contributed by atoms with E-state index in [4.69, 9.17) is 9.72 Å². The van der Waals surface area contributed by atoms with Crippen LogP contribution in [0.4, 0.5) is 5.82 Å². The van der Waals surface area contributed by atoms with Crippen LogP contribution in [0.5, 0.6) is 5.75 Å². The van der Waals surface area contributed by atoms with Crippen LogP contribution in [0, 0.1) is 0 Å². The highest BCUT2D eigenvalue weighted by Crippen LogP contribution is 2.29. The first-order valence-electron chi connectivity index (χ1n) is 9.76. The van der Waals surface area contributed by atoms with Gasteiger partial charge in [-0.05, 0) is 30.1 Å². The fraction of sp³-hybridized carbons (Fsp3) is 0.304. The summed E-state index contributed by atoms with van der Waals surface area (Å²) >= 11 is 0. The molecule has 1 fully saturated rings. The first kappa shape index (κ1) is 18.4. The summed E-state index contributed by atoms with van der Waals surface area (Å²) in [6, 6.07) is 17.3. The molecule has 144 valence electrons. The minimum absolute atomic E-state index is 0.114. The van der Waals surface area contributed by atoms with Crippen LogP contribution in [0.25, 0.3) is 10.8 Å². The van der Waals surface area contributed by atoms with E-state index in [0.29, 0.717) is 17.0 Å². The summed E-state index contributed by atoms with van der Waals surface area (Å²) in [5.74, 6) is 1.35. The molecule has 1 saturated heterocycles. The van der Waals surface area contributed by atoms with Crippen LogP contribution in [0.15, 0.2) is 54.6 Å². The van der Waals surface area contributed by atoms with Gasteiger partial charge in [-0.3, -0.25) is 4.79 Å². The first-order chi connectivity index (χ1) is 13.7. The molecular weight excluding hydrogens is 350 g/mol. The van der Waals surface area contributed by atoms with Crippen molar-refractivity contribution in [2.45, 2.75) is 6.92 Å². The predicted octanol–water partition coefficient (Wildman–Crippen LogP) is 3.62. The summed E-state index contributed by atoms with van der Waals surface area (Å²) in [5.41, 5.74) is 0.991. The molecule has 1 aromatic heterocycles.